The zero-order valence-electron chi connectivity index (χ0n) is 22.9. The van der Waals surface area contributed by atoms with Crippen molar-refractivity contribution in [1.29, 1.82) is 0 Å². The molecule has 0 heterocycles. The molecule has 0 fully saturated rings. The second-order valence-corrected chi connectivity index (χ2v) is 11.1. The van der Waals surface area contributed by atoms with Crippen LogP contribution in [0.25, 0.3) is 5.57 Å². The van der Waals surface area contributed by atoms with E-state index in [9.17, 15) is 13.0 Å². The molecule has 5 nitrogen and oxygen atoms in total. The monoisotopic (exact) mass is 563 g/mol. The van der Waals surface area contributed by atoms with Crippen LogP contribution >= 0.6 is 0 Å². The molecule has 0 bridgehead atoms. The van der Waals surface area contributed by atoms with Gasteiger partial charge in [0.1, 0.15) is 17.1 Å². The lowest BCUT2D eigenvalue weighted by Gasteiger charge is -2.15. The van der Waals surface area contributed by atoms with Gasteiger partial charge in [0.2, 0.25) is 0 Å². The van der Waals surface area contributed by atoms with Gasteiger partial charge in [-0.3, -0.25) is 4.55 Å². The molecule has 41 heavy (non-hydrogen) atoms. The van der Waals surface area contributed by atoms with Crippen LogP contribution in [0.4, 0.5) is 0 Å². The highest BCUT2D eigenvalue weighted by molar-refractivity contribution is 7.89. The van der Waals surface area contributed by atoms with Crippen molar-refractivity contribution in [3.8, 4) is 11.5 Å². The average Bonchev–Trinajstić information content (AvgIpc) is 2.99. The van der Waals surface area contributed by atoms with Gasteiger partial charge < -0.3 is 9.47 Å². The topological polar surface area (TPSA) is 72.8 Å². The molecule has 1 aliphatic rings. The second-order valence-electron chi connectivity index (χ2n) is 9.72. The van der Waals surface area contributed by atoms with Crippen LogP contribution in [0, 0.1) is 5.25 Å². The summed E-state index contributed by atoms with van der Waals surface area (Å²) in [7, 11) is -1.13. The molecule has 0 saturated carbocycles. The lowest BCUT2D eigenvalue weighted by molar-refractivity contribution is 0.410. The van der Waals surface area contributed by atoms with Crippen LogP contribution in [0.3, 0.4) is 0 Å². The predicted molar refractivity (Wildman–Crippen MR) is 164 cm³/mol. The van der Waals surface area contributed by atoms with Gasteiger partial charge in [0.15, 0.2) is 5.25 Å². The van der Waals surface area contributed by atoms with Gasteiger partial charge in [-0.1, -0.05) is 60.7 Å². The van der Waals surface area contributed by atoms with Crippen molar-refractivity contribution < 1.29 is 22.4 Å². The minimum absolute atomic E-state index is 0.133. The van der Waals surface area contributed by atoms with Gasteiger partial charge in [0.25, 0.3) is 0 Å². The number of hydrogen-bond acceptors (Lipinski definition) is 4. The molecule has 5 rings (SSSR count). The number of methoxy groups -OCH3 is 2. The Hall–Kier alpha value is -4.52. The van der Waals surface area contributed by atoms with Crippen LogP contribution < -0.4 is 9.47 Å². The van der Waals surface area contributed by atoms with Crippen molar-refractivity contribution in [2.45, 2.75) is 12.8 Å². The fraction of sp³-hybridized carbons (Fsp3) is 0.114. The van der Waals surface area contributed by atoms with Crippen molar-refractivity contribution in [2.24, 2.45) is 0 Å². The highest BCUT2D eigenvalue weighted by Gasteiger charge is 2.35. The lowest BCUT2D eigenvalue weighted by atomic mass is 9.88. The lowest BCUT2D eigenvalue weighted by Crippen LogP contribution is -2.14. The first-order chi connectivity index (χ1) is 19.9. The van der Waals surface area contributed by atoms with Crippen LogP contribution in [0.15, 0.2) is 127 Å². The van der Waals surface area contributed by atoms with Gasteiger partial charge in [0.05, 0.1) is 19.8 Å². The van der Waals surface area contributed by atoms with E-state index < -0.39 is 10.1 Å². The molecular formula is C35H31O5S+. The van der Waals surface area contributed by atoms with E-state index in [4.69, 9.17) is 9.47 Å². The summed E-state index contributed by atoms with van der Waals surface area (Å²) in [6, 6.07) is 31.9. The molecule has 1 N–H and O–H groups in total. The summed E-state index contributed by atoms with van der Waals surface area (Å²) in [4.78, 5) is 0. The van der Waals surface area contributed by atoms with Crippen molar-refractivity contribution in [3.05, 3.63) is 166 Å². The van der Waals surface area contributed by atoms with Gasteiger partial charge in [-0.05, 0) is 58.7 Å². The second kappa shape index (κ2) is 12.3. The Balaban J connectivity index is 1.53. The van der Waals surface area contributed by atoms with Crippen LogP contribution in [0.2, 0.25) is 0 Å². The number of allylic oxidation sites excluding steroid dienone is 3. The third-order valence-corrected chi connectivity index (χ3v) is 8.01. The van der Waals surface area contributed by atoms with E-state index in [1.807, 2.05) is 97.1 Å². The Morgan fingerprint density at radius 3 is 1.59 bits per heavy atom. The molecule has 0 radical (unpaired) electrons. The first-order valence-electron chi connectivity index (χ1n) is 13.2. The van der Waals surface area contributed by atoms with E-state index in [1.165, 1.54) is 6.08 Å². The van der Waals surface area contributed by atoms with Crippen molar-refractivity contribution >= 4 is 15.7 Å². The first-order valence-corrected chi connectivity index (χ1v) is 14.7. The summed E-state index contributed by atoms with van der Waals surface area (Å²) in [6.07, 6.45) is 7.92. The zero-order chi connectivity index (χ0) is 28.8. The molecule has 0 atom stereocenters. The maximum absolute atomic E-state index is 12.4. The third-order valence-electron chi connectivity index (χ3n) is 7.09. The minimum atomic E-state index is -4.46. The van der Waals surface area contributed by atoms with Crippen LogP contribution in [-0.2, 0) is 23.0 Å². The standard InChI is InChI=1S/C35H30O5S/c1-39-32-12-6-3-9-29(32)23-25-15-19-27(20-16-25)35(31-11-5-8-14-34(31)41(36,37)38)28-21-17-26(18-22-28)24-30-10-4-7-13-33(30)40-2/h3-22H,23-24H2,1-2H3/p+1. The van der Waals surface area contributed by atoms with E-state index in [1.54, 1.807) is 32.4 Å². The van der Waals surface area contributed by atoms with Crippen LogP contribution in [0.5, 0.6) is 11.5 Å². The molecule has 0 saturated heterocycles. The maximum atomic E-state index is 12.4. The SMILES string of the molecule is COc1ccccc1Cc1ccc(C(=C2C=CC=C[C+]2S(=O)(=O)O)c2ccc(Cc3ccccc3OC)cc2)cc1. The molecule has 0 amide bonds. The number of para-hydroxylation sites is 2. The number of benzene rings is 4. The number of rotatable bonds is 9. The van der Waals surface area contributed by atoms with Gasteiger partial charge >= 0.3 is 10.1 Å². The summed E-state index contributed by atoms with van der Waals surface area (Å²) in [5, 5.41) is -0.133. The quantitative estimate of drug-likeness (QED) is 0.172. The summed E-state index contributed by atoms with van der Waals surface area (Å²) in [6.45, 7) is 0. The average molecular weight is 564 g/mol. The predicted octanol–water partition coefficient (Wildman–Crippen LogP) is 7.23. The molecule has 4 aromatic carbocycles. The van der Waals surface area contributed by atoms with E-state index in [0.717, 1.165) is 44.9 Å². The van der Waals surface area contributed by atoms with Gasteiger partial charge in [-0.15, -0.1) is 0 Å². The zero-order valence-corrected chi connectivity index (χ0v) is 23.8. The molecule has 0 spiro atoms. The Kier molecular flexibility index (Phi) is 8.43. The van der Waals surface area contributed by atoms with E-state index >= 15 is 0 Å². The maximum Gasteiger partial charge on any atom is 0.331 e. The molecule has 6 heteroatoms. The van der Waals surface area contributed by atoms with Crippen molar-refractivity contribution in [3.63, 3.8) is 0 Å². The molecule has 0 unspecified atom stereocenters. The molecule has 0 aliphatic heterocycles. The van der Waals surface area contributed by atoms with Crippen molar-refractivity contribution in [1.82, 2.24) is 0 Å². The first kappa shape index (κ1) is 28.0. The van der Waals surface area contributed by atoms with Gasteiger partial charge in [-0.2, -0.15) is 8.42 Å². The Morgan fingerprint density at radius 2 is 1.15 bits per heavy atom. The number of ether oxygens (including phenoxy) is 2. The highest BCUT2D eigenvalue weighted by Crippen LogP contribution is 2.37. The smallest absolute Gasteiger partial charge is 0.331 e. The molecule has 1 aliphatic carbocycles. The Labute approximate surface area is 241 Å². The minimum Gasteiger partial charge on any atom is -0.496 e. The van der Waals surface area contributed by atoms with E-state index in [-0.39, 0.29) is 5.25 Å². The molecule has 206 valence electrons. The Morgan fingerprint density at radius 1 is 0.683 bits per heavy atom. The summed E-state index contributed by atoms with van der Waals surface area (Å²) < 4.78 is 45.8. The van der Waals surface area contributed by atoms with Crippen LogP contribution in [0.1, 0.15) is 33.4 Å². The highest BCUT2D eigenvalue weighted by atomic mass is 32.2. The fourth-order valence-corrected chi connectivity index (χ4v) is 5.79. The van der Waals surface area contributed by atoms with Gasteiger partial charge in [-0.25, -0.2) is 0 Å². The fourth-order valence-electron chi connectivity index (χ4n) is 5.09. The molecular weight excluding hydrogens is 532 g/mol. The number of hydrogen-bond donors (Lipinski definition) is 1. The Bertz CT molecular complexity index is 1620. The summed E-state index contributed by atoms with van der Waals surface area (Å²) in [5.41, 5.74) is 7.16. The third kappa shape index (κ3) is 6.46. The molecule has 4 aromatic rings. The largest absolute Gasteiger partial charge is 0.496 e. The van der Waals surface area contributed by atoms with E-state index in [0.29, 0.717) is 24.0 Å². The van der Waals surface area contributed by atoms with Crippen LogP contribution in [-0.4, -0.2) is 27.2 Å². The van der Waals surface area contributed by atoms with Crippen molar-refractivity contribution in [2.75, 3.05) is 14.2 Å². The summed E-state index contributed by atoms with van der Waals surface area (Å²) >= 11 is 0. The molecule has 0 aromatic heterocycles. The summed E-state index contributed by atoms with van der Waals surface area (Å²) in [5.74, 6) is 1.67. The normalized spacial score (nSPS) is 12.9. The van der Waals surface area contributed by atoms with E-state index in [2.05, 4.69) is 0 Å². The van der Waals surface area contributed by atoms with Gasteiger partial charge in [0, 0.05) is 48.3 Å².